The Kier molecular flexibility index (Phi) is 3.74. The molecule has 0 aromatic carbocycles. The van der Waals surface area contributed by atoms with Crippen molar-refractivity contribution < 1.29 is 0 Å². The summed E-state index contributed by atoms with van der Waals surface area (Å²) in [5.74, 6) is 0. The van der Waals surface area contributed by atoms with Crippen LogP contribution in [0.1, 0.15) is 33.6 Å². The van der Waals surface area contributed by atoms with Gasteiger partial charge >= 0.3 is 0 Å². The van der Waals surface area contributed by atoms with E-state index < -0.39 is 0 Å². The molecule has 1 saturated heterocycles. The molecule has 0 spiro atoms. The summed E-state index contributed by atoms with van der Waals surface area (Å²) in [6.45, 7) is 10.7. The Balaban J connectivity index is 2.39. The zero-order chi connectivity index (χ0) is 9.90. The lowest BCUT2D eigenvalue weighted by Gasteiger charge is -2.33. The molecule has 1 rings (SSSR count). The van der Waals surface area contributed by atoms with Crippen LogP contribution in [-0.2, 0) is 0 Å². The first kappa shape index (κ1) is 11.0. The third-order valence-corrected chi connectivity index (χ3v) is 3.03. The molecule has 13 heavy (non-hydrogen) atoms. The van der Waals surface area contributed by atoms with Crippen molar-refractivity contribution in [2.24, 2.45) is 5.41 Å². The highest BCUT2D eigenvalue weighted by Gasteiger charge is 2.25. The van der Waals surface area contributed by atoms with Gasteiger partial charge in [-0.25, -0.2) is 0 Å². The Morgan fingerprint density at radius 1 is 1.23 bits per heavy atom. The second-order valence-corrected chi connectivity index (χ2v) is 5.22. The minimum Gasteiger partial charge on any atom is -0.315 e. The van der Waals surface area contributed by atoms with E-state index in [0.29, 0.717) is 11.5 Å². The molecule has 1 atom stereocenters. The maximum atomic E-state index is 3.43. The number of hydrogen-bond acceptors (Lipinski definition) is 2. The van der Waals surface area contributed by atoms with E-state index in [1.54, 1.807) is 0 Å². The zero-order valence-corrected chi connectivity index (χ0v) is 9.56. The lowest BCUT2D eigenvalue weighted by atomic mass is 9.86. The first-order valence-electron chi connectivity index (χ1n) is 5.43. The Morgan fingerprint density at radius 3 is 2.15 bits per heavy atom. The van der Waals surface area contributed by atoms with Gasteiger partial charge in [-0.1, -0.05) is 20.8 Å². The van der Waals surface area contributed by atoms with Gasteiger partial charge in [0.1, 0.15) is 0 Å². The summed E-state index contributed by atoms with van der Waals surface area (Å²) in [5.41, 5.74) is 0.372. The highest BCUT2D eigenvalue weighted by atomic mass is 15.2. The van der Waals surface area contributed by atoms with Gasteiger partial charge in [0.25, 0.3) is 0 Å². The van der Waals surface area contributed by atoms with Crippen LogP contribution < -0.4 is 5.32 Å². The highest BCUT2D eigenvalue weighted by Crippen LogP contribution is 2.21. The number of rotatable bonds is 3. The Labute approximate surface area is 82.7 Å². The van der Waals surface area contributed by atoms with E-state index in [1.165, 1.54) is 32.5 Å². The first-order valence-corrected chi connectivity index (χ1v) is 5.43. The topological polar surface area (TPSA) is 15.3 Å². The Morgan fingerprint density at radius 2 is 1.77 bits per heavy atom. The minimum absolute atomic E-state index is 0.372. The number of likely N-dealkylation sites (tertiary alicyclic amines) is 1. The second-order valence-electron chi connectivity index (χ2n) is 5.22. The molecule has 1 fully saturated rings. The lowest BCUT2D eigenvalue weighted by Crippen LogP contribution is -2.46. The van der Waals surface area contributed by atoms with Crippen LogP contribution in [0.3, 0.4) is 0 Å². The molecular weight excluding hydrogens is 160 g/mol. The molecule has 2 nitrogen and oxygen atoms in total. The van der Waals surface area contributed by atoms with E-state index in [1.807, 2.05) is 0 Å². The highest BCUT2D eigenvalue weighted by molar-refractivity contribution is 4.83. The summed E-state index contributed by atoms with van der Waals surface area (Å²) in [7, 11) is 2.08. The first-order chi connectivity index (χ1) is 6.04. The van der Waals surface area contributed by atoms with Crippen molar-refractivity contribution in [2.45, 2.75) is 39.7 Å². The third kappa shape index (κ3) is 3.28. The third-order valence-electron chi connectivity index (χ3n) is 3.03. The van der Waals surface area contributed by atoms with Crippen LogP contribution in [0, 0.1) is 5.41 Å². The molecule has 78 valence electrons. The van der Waals surface area contributed by atoms with Gasteiger partial charge in [0.15, 0.2) is 0 Å². The summed E-state index contributed by atoms with van der Waals surface area (Å²) >= 11 is 0. The van der Waals surface area contributed by atoms with Gasteiger partial charge in [0.2, 0.25) is 0 Å². The molecule has 0 unspecified atom stereocenters. The summed E-state index contributed by atoms with van der Waals surface area (Å²) < 4.78 is 0. The molecule has 0 amide bonds. The van der Waals surface area contributed by atoms with Crippen LogP contribution in [0.15, 0.2) is 0 Å². The Hall–Kier alpha value is -0.0800. The van der Waals surface area contributed by atoms with Gasteiger partial charge in [-0.15, -0.1) is 0 Å². The molecule has 1 aliphatic heterocycles. The van der Waals surface area contributed by atoms with Crippen molar-refractivity contribution in [2.75, 3.05) is 26.7 Å². The fourth-order valence-electron chi connectivity index (χ4n) is 2.02. The van der Waals surface area contributed by atoms with Crippen molar-refractivity contribution in [3.8, 4) is 0 Å². The van der Waals surface area contributed by atoms with E-state index in [9.17, 15) is 0 Å². The van der Waals surface area contributed by atoms with Crippen LogP contribution in [0.2, 0.25) is 0 Å². The van der Waals surface area contributed by atoms with E-state index in [2.05, 4.69) is 38.0 Å². The van der Waals surface area contributed by atoms with Crippen LogP contribution in [0.5, 0.6) is 0 Å². The van der Waals surface area contributed by atoms with Gasteiger partial charge in [0.05, 0.1) is 0 Å². The van der Waals surface area contributed by atoms with Gasteiger partial charge in [-0.2, -0.15) is 0 Å². The summed E-state index contributed by atoms with van der Waals surface area (Å²) in [4.78, 5) is 2.58. The lowest BCUT2D eigenvalue weighted by molar-refractivity contribution is 0.202. The van der Waals surface area contributed by atoms with Crippen LogP contribution in [0.25, 0.3) is 0 Å². The van der Waals surface area contributed by atoms with Gasteiger partial charge in [0, 0.05) is 12.6 Å². The molecule has 1 heterocycles. The molecule has 0 aliphatic carbocycles. The molecule has 2 heteroatoms. The Bertz CT molecular complexity index is 143. The summed E-state index contributed by atoms with van der Waals surface area (Å²) in [6.07, 6.45) is 2.78. The van der Waals surface area contributed by atoms with Crippen LogP contribution >= 0.6 is 0 Å². The standard InChI is InChI=1S/C11H24N2/c1-11(2,3)10(12-4)9-13-7-5-6-8-13/h10,12H,5-9H2,1-4H3/t10-/m1/s1. The number of hydrogen-bond donors (Lipinski definition) is 1. The molecule has 0 bridgehead atoms. The quantitative estimate of drug-likeness (QED) is 0.718. The average molecular weight is 184 g/mol. The average Bonchev–Trinajstić information content (AvgIpc) is 2.49. The largest absolute Gasteiger partial charge is 0.315 e. The minimum atomic E-state index is 0.372. The molecule has 1 N–H and O–H groups in total. The maximum absolute atomic E-state index is 3.43. The molecule has 0 aromatic rings. The predicted octanol–water partition coefficient (Wildman–Crippen LogP) is 1.72. The summed E-state index contributed by atoms with van der Waals surface area (Å²) in [6, 6.07) is 0.616. The fourth-order valence-corrected chi connectivity index (χ4v) is 2.02. The molecule has 1 aliphatic rings. The normalized spacial score (nSPS) is 22.2. The van der Waals surface area contributed by atoms with Crippen molar-refractivity contribution in [1.82, 2.24) is 10.2 Å². The van der Waals surface area contributed by atoms with Crippen LogP contribution in [0.4, 0.5) is 0 Å². The van der Waals surface area contributed by atoms with E-state index >= 15 is 0 Å². The zero-order valence-electron chi connectivity index (χ0n) is 9.56. The van der Waals surface area contributed by atoms with Gasteiger partial charge < -0.3 is 10.2 Å². The molecular formula is C11H24N2. The van der Waals surface area contributed by atoms with Gasteiger partial charge in [-0.3, -0.25) is 0 Å². The van der Waals surface area contributed by atoms with Crippen molar-refractivity contribution in [3.63, 3.8) is 0 Å². The monoisotopic (exact) mass is 184 g/mol. The SMILES string of the molecule is CN[C@H](CN1CCCC1)C(C)(C)C. The summed E-state index contributed by atoms with van der Waals surface area (Å²) in [5, 5.41) is 3.43. The van der Waals surface area contributed by atoms with E-state index in [-0.39, 0.29) is 0 Å². The second kappa shape index (κ2) is 4.43. The van der Waals surface area contributed by atoms with Crippen molar-refractivity contribution in [1.29, 1.82) is 0 Å². The van der Waals surface area contributed by atoms with Gasteiger partial charge in [-0.05, 0) is 38.4 Å². The molecule has 0 aromatic heterocycles. The fraction of sp³-hybridized carbons (Fsp3) is 1.00. The molecule has 0 saturated carbocycles. The van der Waals surface area contributed by atoms with Crippen LogP contribution in [-0.4, -0.2) is 37.6 Å². The van der Waals surface area contributed by atoms with Crippen molar-refractivity contribution in [3.05, 3.63) is 0 Å². The van der Waals surface area contributed by atoms with E-state index in [4.69, 9.17) is 0 Å². The predicted molar refractivity (Wildman–Crippen MR) is 58.0 cm³/mol. The maximum Gasteiger partial charge on any atom is 0.0240 e. The molecule has 0 radical (unpaired) electrons. The number of likely N-dealkylation sites (N-methyl/N-ethyl adjacent to an activating group) is 1. The van der Waals surface area contributed by atoms with E-state index in [0.717, 1.165) is 0 Å². The van der Waals surface area contributed by atoms with Crippen molar-refractivity contribution >= 4 is 0 Å². The smallest absolute Gasteiger partial charge is 0.0240 e. The number of nitrogens with zero attached hydrogens (tertiary/aromatic N) is 1. The number of nitrogens with one attached hydrogen (secondary N) is 1.